The Hall–Kier alpha value is -5.28. The van der Waals surface area contributed by atoms with E-state index in [2.05, 4.69) is 120 Å². The van der Waals surface area contributed by atoms with Gasteiger partial charge in [-0.15, -0.1) is 0 Å². The Labute approximate surface area is 224 Å². The van der Waals surface area contributed by atoms with E-state index in [1.807, 2.05) is 12.1 Å². The number of para-hydroxylation sites is 1. The first-order valence-corrected chi connectivity index (χ1v) is 13.3. The Morgan fingerprint density at radius 2 is 1.00 bits per heavy atom. The first-order chi connectivity index (χ1) is 19.4. The molecule has 0 radical (unpaired) electrons. The van der Waals surface area contributed by atoms with Crippen LogP contribution in [0, 0.1) is 0 Å². The molecule has 1 aliphatic rings. The third kappa shape index (κ3) is 2.76. The van der Waals surface area contributed by atoms with E-state index in [0.29, 0.717) is 5.95 Å². The fourth-order valence-corrected chi connectivity index (χ4v) is 6.54. The summed E-state index contributed by atoms with van der Waals surface area (Å²) in [6, 6.07) is 45.3. The molecule has 0 unspecified atom stereocenters. The molecule has 8 aromatic rings. The van der Waals surface area contributed by atoms with E-state index in [0.717, 1.165) is 33.2 Å². The summed E-state index contributed by atoms with van der Waals surface area (Å²) in [6.07, 6.45) is 0. The van der Waals surface area contributed by atoms with Gasteiger partial charge in [-0.1, -0.05) is 109 Å². The second-order valence-corrected chi connectivity index (χ2v) is 10.2. The topological polar surface area (TPSA) is 30.7 Å². The van der Waals surface area contributed by atoms with E-state index >= 15 is 0 Å². The van der Waals surface area contributed by atoms with Crippen molar-refractivity contribution in [3.05, 3.63) is 127 Å². The molecule has 6 aromatic carbocycles. The molecule has 3 nitrogen and oxygen atoms in total. The third-order valence-corrected chi connectivity index (χ3v) is 8.14. The zero-order chi connectivity index (χ0) is 25.5. The van der Waals surface area contributed by atoms with Crippen molar-refractivity contribution in [1.29, 1.82) is 0 Å². The summed E-state index contributed by atoms with van der Waals surface area (Å²) in [4.78, 5) is 10.4. The maximum absolute atomic E-state index is 5.25. The quantitative estimate of drug-likeness (QED) is 0.239. The van der Waals surface area contributed by atoms with E-state index in [4.69, 9.17) is 9.97 Å². The summed E-state index contributed by atoms with van der Waals surface area (Å²) in [5.74, 6) is 0.689. The van der Waals surface area contributed by atoms with Crippen LogP contribution in [0.4, 0.5) is 0 Å². The van der Waals surface area contributed by atoms with E-state index in [9.17, 15) is 0 Å². The summed E-state index contributed by atoms with van der Waals surface area (Å²) in [5, 5.41) is 6.14. The molecule has 180 valence electrons. The van der Waals surface area contributed by atoms with Gasteiger partial charge < -0.3 is 0 Å². The number of nitrogens with zero attached hydrogens (tertiary/aromatic N) is 3. The lowest BCUT2D eigenvalue weighted by Gasteiger charge is -2.14. The van der Waals surface area contributed by atoms with Crippen molar-refractivity contribution in [2.75, 3.05) is 0 Å². The molecule has 0 atom stereocenters. The zero-order valence-corrected chi connectivity index (χ0v) is 21.0. The number of fused-ring (bicyclic) bond motifs is 3. The van der Waals surface area contributed by atoms with Gasteiger partial charge in [0.05, 0.1) is 22.2 Å². The zero-order valence-electron chi connectivity index (χ0n) is 21.0. The lowest BCUT2D eigenvalue weighted by Crippen LogP contribution is -2.03. The predicted molar refractivity (Wildman–Crippen MR) is 161 cm³/mol. The van der Waals surface area contributed by atoms with Crippen LogP contribution in [-0.2, 0) is 0 Å². The maximum Gasteiger partial charge on any atom is 0.235 e. The minimum atomic E-state index is 0.689. The fraction of sp³-hybridized carbons (Fsp3) is 0. The Morgan fingerprint density at radius 1 is 0.436 bits per heavy atom. The van der Waals surface area contributed by atoms with Crippen LogP contribution in [0.5, 0.6) is 0 Å². The van der Waals surface area contributed by atoms with Crippen molar-refractivity contribution >= 4 is 43.5 Å². The molecule has 3 heteroatoms. The molecular formula is C36H21N3. The molecule has 0 spiro atoms. The normalized spacial score (nSPS) is 12.1. The molecule has 0 N–H and O–H groups in total. The van der Waals surface area contributed by atoms with Crippen LogP contribution in [0.25, 0.3) is 82.9 Å². The van der Waals surface area contributed by atoms with Gasteiger partial charge in [0.25, 0.3) is 0 Å². The molecule has 0 fully saturated rings. The Balaban J connectivity index is 1.46. The maximum atomic E-state index is 5.25. The van der Waals surface area contributed by atoms with Crippen molar-refractivity contribution in [3.63, 3.8) is 0 Å². The molecule has 0 aliphatic heterocycles. The van der Waals surface area contributed by atoms with E-state index < -0.39 is 0 Å². The van der Waals surface area contributed by atoms with Crippen LogP contribution in [0.15, 0.2) is 127 Å². The van der Waals surface area contributed by atoms with Gasteiger partial charge >= 0.3 is 0 Å². The summed E-state index contributed by atoms with van der Waals surface area (Å²) >= 11 is 0. The number of benzene rings is 6. The van der Waals surface area contributed by atoms with Crippen molar-refractivity contribution < 1.29 is 0 Å². The molecular weight excluding hydrogens is 474 g/mol. The smallest absolute Gasteiger partial charge is 0.235 e. The van der Waals surface area contributed by atoms with Crippen LogP contribution >= 0.6 is 0 Å². The van der Waals surface area contributed by atoms with E-state index in [1.54, 1.807) is 0 Å². The van der Waals surface area contributed by atoms with E-state index in [1.165, 1.54) is 43.8 Å². The summed E-state index contributed by atoms with van der Waals surface area (Å²) < 4.78 is 2.25. The number of hydrogen-bond donors (Lipinski definition) is 0. The average Bonchev–Trinajstić information content (AvgIpc) is 3.29. The minimum Gasteiger partial charge on any atom is -0.278 e. The predicted octanol–water partition coefficient (Wildman–Crippen LogP) is 9.19. The summed E-state index contributed by atoms with van der Waals surface area (Å²) in [6.45, 7) is 0. The van der Waals surface area contributed by atoms with Gasteiger partial charge in [0.15, 0.2) is 0 Å². The monoisotopic (exact) mass is 495 g/mol. The van der Waals surface area contributed by atoms with Gasteiger partial charge in [0.1, 0.15) is 0 Å². The number of rotatable bonds is 2. The number of hydrogen-bond acceptors (Lipinski definition) is 2. The minimum absolute atomic E-state index is 0.689. The molecule has 2 heterocycles. The van der Waals surface area contributed by atoms with Gasteiger partial charge in [0.2, 0.25) is 5.95 Å². The molecule has 0 amide bonds. The SMILES string of the molecule is c1ccc(-c2nc(-n3c4cccc5c4c4c(cccc43)-c3cccc4cccc-5c34)nc3ccccc23)cc1. The van der Waals surface area contributed by atoms with Crippen LogP contribution < -0.4 is 0 Å². The van der Waals surface area contributed by atoms with Crippen molar-refractivity contribution in [2.45, 2.75) is 0 Å². The molecule has 0 saturated carbocycles. The molecule has 39 heavy (non-hydrogen) atoms. The van der Waals surface area contributed by atoms with Crippen molar-refractivity contribution in [1.82, 2.24) is 14.5 Å². The summed E-state index contributed by atoms with van der Waals surface area (Å²) in [5.41, 5.74) is 10.3. The summed E-state index contributed by atoms with van der Waals surface area (Å²) in [7, 11) is 0. The van der Waals surface area contributed by atoms with Crippen LogP contribution in [0.2, 0.25) is 0 Å². The largest absolute Gasteiger partial charge is 0.278 e. The second-order valence-electron chi connectivity index (χ2n) is 10.2. The van der Waals surface area contributed by atoms with Crippen LogP contribution in [0.3, 0.4) is 0 Å². The van der Waals surface area contributed by atoms with Gasteiger partial charge in [0, 0.05) is 21.7 Å². The highest BCUT2D eigenvalue weighted by atomic mass is 15.2. The highest BCUT2D eigenvalue weighted by Crippen LogP contribution is 2.49. The molecule has 9 rings (SSSR count). The lowest BCUT2D eigenvalue weighted by molar-refractivity contribution is 1.01. The molecule has 2 aromatic heterocycles. The fourth-order valence-electron chi connectivity index (χ4n) is 6.54. The lowest BCUT2D eigenvalue weighted by atomic mass is 9.93. The second kappa shape index (κ2) is 7.62. The first-order valence-electron chi connectivity index (χ1n) is 13.3. The van der Waals surface area contributed by atoms with Crippen molar-refractivity contribution in [3.8, 4) is 39.5 Å². The van der Waals surface area contributed by atoms with Crippen LogP contribution in [0.1, 0.15) is 0 Å². The number of aromatic nitrogens is 3. The third-order valence-electron chi connectivity index (χ3n) is 8.14. The molecule has 1 aliphatic carbocycles. The van der Waals surface area contributed by atoms with Gasteiger partial charge in [-0.25, -0.2) is 9.97 Å². The van der Waals surface area contributed by atoms with E-state index in [-0.39, 0.29) is 0 Å². The van der Waals surface area contributed by atoms with Crippen molar-refractivity contribution in [2.24, 2.45) is 0 Å². The van der Waals surface area contributed by atoms with Gasteiger partial charge in [-0.2, -0.15) is 0 Å². The highest BCUT2D eigenvalue weighted by Gasteiger charge is 2.25. The highest BCUT2D eigenvalue weighted by molar-refractivity contribution is 6.27. The average molecular weight is 496 g/mol. The molecule has 0 bridgehead atoms. The Kier molecular flexibility index (Phi) is 4.05. The van der Waals surface area contributed by atoms with Crippen LogP contribution in [-0.4, -0.2) is 14.5 Å². The van der Waals surface area contributed by atoms with Gasteiger partial charge in [-0.05, 0) is 51.2 Å². The first kappa shape index (κ1) is 20.7. The Bertz CT molecular complexity index is 2180. The standard InChI is InChI=1S/C36H21N3/c1-2-10-23(11-3-1)35-28-14-4-5-19-29(28)37-36(38-35)39-30-20-8-17-26-24-15-6-12-22-13-7-16-25(32(22)24)27-18-9-21-31(39)34(27)33(26)30/h1-21H. The molecule has 0 saturated heterocycles. The van der Waals surface area contributed by atoms with Gasteiger partial charge in [-0.3, -0.25) is 4.57 Å². The Morgan fingerprint density at radius 3 is 1.67 bits per heavy atom.